The van der Waals surface area contributed by atoms with Crippen molar-refractivity contribution in [2.24, 2.45) is 5.73 Å². The molecule has 3 aromatic rings. The van der Waals surface area contributed by atoms with E-state index in [2.05, 4.69) is 30.9 Å². The van der Waals surface area contributed by atoms with E-state index in [-0.39, 0.29) is 61.1 Å². The number of nitrogens with zero attached hydrogens (tertiary/aromatic N) is 3. The van der Waals surface area contributed by atoms with Crippen molar-refractivity contribution in [2.45, 2.75) is 51.6 Å². The number of fused-ring (bicyclic) bond motifs is 1. The molecule has 9 nitrogen and oxygen atoms in total. The molecular formula is C21H29Cl3N8OS. The third-order valence-corrected chi connectivity index (χ3v) is 6.15. The van der Waals surface area contributed by atoms with Crippen LogP contribution < -0.4 is 21.7 Å². The maximum absolute atomic E-state index is 12.8. The van der Waals surface area contributed by atoms with E-state index < -0.39 is 5.91 Å². The van der Waals surface area contributed by atoms with Gasteiger partial charge in [0.15, 0.2) is 11.1 Å². The Labute approximate surface area is 220 Å². The molecule has 0 aliphatic heterocycles. The number of aromatic nitrogens is 3. The van der Waals surface area contributed by atoms with Gasteiger partial charge in [0.25, 0.3) is 5.91 Å². The number of carbonyl (C=O) groups is 1. The van der Waals surface area contributed by atoms with Gasteiger partial charge in [-0.1, -0.05) is 24.5 Å². The highest BCUT2D eigenvalue weighted by molar-refractivity contribution is 7.15. The van der Waals surface area contributed by atoms with Gasteiger partial charge in [-0.15, -0.1) is 48.6 Å². The summed E-state index contributed by atoms with van der Waals surface area (Å²) in [6.07, 6.45) is 5.70. The largest absolute Gasteiger partial charge is 0.370 e. The van der Waals surface area contributed by atoms with E-state index in [4.69, 9.17) is 11.1 Å². The van der Waals surface area contributed by atoms with E-state index in [1.807, 2.05) is 32.0 Å². The van der Waals surface area contributed by atoms with Crippen LogP contribution in [0.15, 0.2) is 24.4 Å². The highest BCUT2D eigenvalue weighted by atomic mass is 35.5. The first-order valence-corrected chi connectivity index (χ1v) is 11.1. The van der Waals surface area contributed by atoms with Crippen LogP contribution in [0, 0.1) is 19.3 Å². The summed E-state index contributed by atoms with van der Waals surface area (Å²) in [7, 11) is 0. The fraction of sp³-hybridized carbons (Fsp3) is 0.381. The minimum Gasteiger partial charge on any atom is -0.370 e. The smallest absolute Gasteiger partial charge is 0.295 e. The summed E-state index contributed by atoms with van der Waals surface area (Å²) in [5, 5.41) is 18.3. The van der Waals surface area contributed by atoms with E-state index >= 15 is 0 Å². The molecule has 2 atom stereocenters. The quantitative estimate of drug-likeness (QED) is 0.235. The Morgan fingerprint density at radius 2 is 1.82 bits per heavy atom. The van der Waals surface area contributed by atoms with E-state index in [1.54, 1.807) is 6.20 Å². The van der Waals surface area contributed by atoms with Crippen LogP contribution in [0.2, 0.25) is 0 Å². The molecule has 1 aromatic carbocycles. The van der Waals surface area contributed by atoms with E-state index in [0.29, 0.717) is 16.5 Å². The van der Waals surface area contributed by atoms with Gasteiger partial charge < -0.3 is 16.4 Å². The topological polar surface area (TPSA) is 142 Å². The van der Waals surface area contributed by atoms with Crippen LogP contribution in [-0.2, 0) is 0 Å². The highest BCUT2D eigenvalue weighted by Crippen LogP contribution is 2.27. The van der Waals surface area contributed by atoms with Gasteiger partial charge in [0.2, 0.25) is 5.82 Å². The van der Waals surface area contributed by atoms with Gasteiger partial charge in [-0.25, -0.2) is 15.0 Å². The van der Waals surface area contributed by atoms with Crippen LogP contribution in [0.25, 0.3) is 10.9 Å². The summed E-state index contributed by atoms with van der Waals surface area (Å²) in [6, 6.07) is 5.94. The van der Waals surface area contributed by atoms with Crippen molar-refractivity contribution < 1.29 is 4.79 Å². The first kappa shape index (κ1) is 29.6. The number of hydrogen-bond donors (Lipinski definition) is 5. The molecule has 13 heteroatoms. The molecule has 0 radical (unpaired) electrons. The summed E-state index contributed by atoms with van der Waals surface area (Å²) in [4.78, 5) is 27.1. The standard InChI is InChI=1S/C21H26N8OS.3ClH/c1-11-7-8-14-13(9-11)17(26-15-5-3-4-6-16(15)27-20(22)23)28-18(25-14)19(30)29-21-24-10-12(2)31-21;;;/h7-10,15-16H,3-6H2,1-2H3,(H4,22,23,27)(H,24,29,30)(H,25,26,28);3*1H/t15-,16+;;;/m0.../s1. The number of benzene rings is 1. The zero-order valence-corrected chi connectivity index (χ0v) is 22.0. The molecule has 34 heavy (non-hydrogen) atoms. The second-order valence-electron chi connectivity index (χ2n) is 7.85. The third-order valence-electron chi connectivity index (χ3n) is 5.33. The first-order valence-electron chi connectivity index (χ1n) is 10.3. The Balaban J connectivity index is 0.00000193. The second kappa shape index (κ2) is 12.9. The molecule has 0 unspecified atom stereocenters. The van der Waals surface area contributed by atoms with Crippen LogP contribution in [0.5, 0.6) is 0 Å². The Bertz CT molecular complexity index is 1140. The van der Waals surface area contributed by atoms with Crippen molar-refractivity contribution in [2.75, 3.05) is 10.6 Å². The number of aryl methyl sites for hydroxylation is 2. The van der Waals surface area contributed by atoms with Gasteiger partial charge in [-0.3, -0.25) is 15.5 Å². The van der Waals surface area contributed by atoms with Gasteiger partial charge in [0.1, 0.15) is 5.82 Å². The number of carbonyl (C=O) groups excluding carboxylic acids is 1. The van der Waals surface area contributed by atoms with Gasteiger partial charge >= 0.3 is 0 Å². The molecule has 1 amide bonds. The van der Waals surface area contributed by atoms with Crippen LogP contribution in [0.1, 0.15) is 46.7 Å². The fourth-order valence-corrected chi connectivity index (χ4v) is 4.53. The minimum absolute atomic E-state index is 0. The Morgan fingerprint density at radius 3 is 2.47 bits per heavy atom. The van der Waals surface area contributed by atoms with Gasteiger partial charge in [0, 0.05) is 28.5 Å². The number of nitrogens with two attached hydrogens (primary N) is 1. The zero-order valence-electron chi connectivity index (χ0n) is 18.8. The molecule has 1 saturated carbocycles. The predicted molar refractivity (Wildman–Crippen MR) is 146 cm³/mol. The maximum Gasteiger partial charge on any atom is 0.295 e. The molecule has 186 valence electrons. The zero-order chi connectivity index (χ0) is 22.0. The Hall–Kier alpha value is -2.40. The van der Waals surface area contributed by atoms with Crippen molar-refractivity contribution in [1.29, 1.82) is 5.41 Å². The number of thiazole rings is 1. The lowest BCUT2D eigenvalue weighted by molar-refractivity contribution is 0.101. The molecule has 2 aromatic heterocycles. The predicted octanol–water partition coefficient (Wildman–Crippen LogP) is 4.43. The molecule has 6 N–H and O–H groups in total. The van der Waals surface area contributed by atoms with Crippen LogP contribution in [-0.4, -0.2) is 38.9 Å². The summed E-state index contributed by atoms with van der Waals surface area (Å²) in [5.74, 6) is 0.248. The van der Waals surface area contributed by atoms with Crippen molar-refractivity contribution in [3.05, 3.63) is 40.7 Å². The molecule has 4 rings (SSSR count). The minimum atomic E-state index is -0.401. The molecule has 1 aliphatic carbocycles. The lowest BCUT2D eigenvalue weighted by Crippen LogP contribution is -2.50. The molecule has 2 heterocycles. The number of guanidine groups is 1. The number of hydrogen-bond acceptors (Lipinski definition) is 7. The molecular weight excluding hydrogens is 519 g/mol. The van der Waals surface area contributed by atoms with Crippen molar-refractivity contribution in [3.63, 3.8) is 0 Å². The van der Waals surface area contributed by atoms with E-state index in [9.17, 15) is 4.79 Å². The van der Waals surface area contributed by atoms with Crippen molar-refractivity contribution in [3.8, 4) is 0 Å². The van der Waals surface area contributed by atoms with Gasteiger partial charge in [0.05, 0.1) is 5.52 Å². The first-order chi connectivity index (χ1) is 14.9. The molecule has 0 spiro atoms. The maximum atomic E-state index is 12.8. The summed E-state index contributed by atoms with van der Waals surface area (Å²) in [6.45, 7) is 3.94. The highest BCUT2D eigenvalue weighted by Gasteiger charge is 2.27. The van der Waals surface area contributed by atoms with E-state index in [0.717, 1.165) is 41.5 Å². The average molecular weight is 548 g/mol. The summed E-state index contributed by atoms with van der Waals surface area (Å²) < 4.78 is 0. The molecule has 1 fully saturated rings. The number of rotatable bonds is 5. The molecule has 0 saturated heterocycles. The number of amides is 1. The van der Waals surface area contributed by atoms with E-state index in [1.165, 1.54) is 11.3 Å². The third kappa shape index (κ3) is 7.05. The number of anilines is 2. The second-order valence-corrected chi connectivity index (χ2v) is 9.08. The van der Waals surface area contributed by atoms with Crippen LogP contribution in [0.4, 0.5) is 10.9 Å². The summed E-state index contributed by atoms with van der Waals surface area (Å²) >= 11 is 1.40. The Kier molecular flexibility index (Phi) is 11.2. The average Bonchev–Trinajstić information content (AvgIpc) is 3.13. The molecule has 1 aliphatic rings. The summed E-state index contributed by atoms with van der Waals surface area (Å²) in [5.41, 5.74) is 7.36. The van der Waals surface area contributed by atoms with Crippen LogP contribution in [0.3, 0.4) is 0 Å². The fourth-order valence-electron chi connectivity index (χ4n) is 3.87. The monoisotopic (exact) mass is 546 g/mol. The van der Waals surface area contributed by atoms with Gasteiger partial charge in [-0.05, 0) is 38.8 Å². The van der Waals surface area contributed by atoms with Gasteiger partial charge in [-0.2, -0.15) is 0 Å². The normalized spacial score (nSPS) is 16.9. The van der Waals surface area contributed by atoms with Crippen molar-refractivity contribution >= 4 is 82.3 Å². The Morgan fingerprint density at radius 1 is 1.12 bits per heavy atom. The number of nitrogens with one attached hydrogen (secondary N) is 4. The van der Waals surface area contributed by atoms with Crippen LogP contribution >= 0.6 is 48.6 Å². The molecule has 0 bridgehead atoms. The lowest BCUT2D eigenvalue weighted by atomic mass is 9.90. The van der Waals surface area contributed by atoms with Crippen molar-refractivity contribution in [1.82, 2.24) is 20.3 Å². The SMILES string of the molecule is Cc1ccc2nc(C(=O)Nc3ncc(C)s3)nc(N[C@H]3CCCC[C@H]3NC(=N)N)c2c1.Cl.Cl.Cl. The number of halogens is 3. The lowest BCUT2D eigenvalue weighted by Gasteiger charge is -2.33.